The molecule has 0 aromatic heterocycles. The van der Waals surface area contributed by atoms with Crippen molar-refractivity contribution in [2.45, 2.75) is 19.3 Å². The first-order valence-corrected chi connectivity index (χ1v) is 5.29. The molecule has 0 heterocycles. The van der Waals surface area contributed by atoms with Crippen LogP contribution in [0.1, 0.15) is 17.5 Å². The summed E-state index contributed by atoms with van der Waals surface area (Å²) in [7, 11) is 0. The Bertz CT molecular complexity index is 410. The zero-order valence-corrected chi connectivity index (χ0v) is 9.62. The fourth-order valence-corrected chi connectivity index (χ4v) is 1.82. The van der Waals surface area contributed by atoms with Gasteiger partial charge in [0, 0.05) is 10.9 Å². The van der Waals surface area contributed by atoms with E-state index in [0.717, 1.165) is 15.6 Å². The summed E-state index contributed by atoms with van der Waals surface area (Å²) >= 11 is 3.32. The number of nitrogens with zero attached hydrogens (tertiary/aromatic N) is 1. The molecule has 0 unspecified atom stereocenters. The largest absolute Gasteiger partial charge is 0.481 e. The zero-order chi connectivity index (χ0) is 11.3. The molecule has 1 aromatic rings. The second kappa shape index (κ2) is 5.52. The molecule has 0 saturated heterocycles. The standard InChI is InChI=1S/C11H10BrNO2/c12-10-6-8(2-1-5-13)3-4-9(10)7-11(14)15/h3-4,6H,1-2,7H2,(H,14,15). The molecule has 0 aliphatic rings. The first-order chi connectivity index (χ1) is 7.13. The van der Waals surface area contributed by atoms with Gasteiger partial charge in [0.1, 0.15) is 0 Å². The number of hydrogen-bond donors (Lipinski definition) is 1. The van der Waals surface area contributed by atoms with E-state index in [1.165, 1.54) is 0 Å². The topological polar surface area (TPSA) is 61.1 Å². The summed E-state index contributed by atoms with van der Waals surface area (Å²) in [5.41, 5.74) is 1.79. The fraction of sp³-hybridized carbons (Fsp3) is 0.273. The highest BCUT2D eigenvalue weighted by atomic mass is 79.9. The van der Waals surface area contributed by atoms with Crippen LogP contribution in [-0.2, 0) is 17.6 Å². The van der Waals surface area contributed by atoms with Gasteiger partial charge in [0.25, 0.3) is 0 Å². The van der Waals surface area contributed by atoms with Gasteiger partial charge in [-0.1, -0.05) is 28.1 Å². The number of rotatable bonds is 4. The van der Waals surface area contributed by atoms with Crippen molar-refractivity contribution in [1.29, 1.82) is 5.26 Å². The van der Waals surface area contributed by atoms with E-state index in [2.05, 4.69) is 22.0 Å². The van der Waals surface area contributed by atoms with E-state index in [0.29, 0.717) is 12.8 Å². The maximum Gasteiger partial charge on any atom is 0.307 e. The minimum Gasteiger partial charge on any atom is -0.481 e. The van der Waals surface area contributed by atoms with Gasteiger partial charge in [0.15, 0.2) is 0 Å². The second-order valence-electron chi connectivity index (χ2n) is 3.15. The summed E-state index contributed by atoms with van der Waals surface area (Å²) < 4.78 is 0.792. The maximum atomic E-state index is 10.5. The maximum absolute atomic E-state index is 10.5. The molecule has 0 radical (unpaired) electrons. The van der Waals surface area contributed by atoms with Crippen LogP contribution in [0.5, 0.6) is 0 Å². The third kappa shape index (κ3) is 3.72. The molecular weight excluding hydrogens is 258 g/mol. The monoisotopic (exact) mass is 267 g/mol. The Labute approximate surface area is 96.5 Å². The molecule has 0 aliphatic carbocycles. The predicted octanol–water partition coefficient (Wildman–Crippen LogP) is 2.53. The molecule has 0 saturated carbocycles. The lowest BCUT2D eigenvalue weighted by Crippen LogP contribution is -2.01. The molecule has 0 aliphatic heterocycles. The molecule has 0 bridgehead atoms. The Hall–Kier alpha value is -1.34. The van der Waals surface area contributed by atoms with E-state index in [-0.39, 0.29) is 6.42 Å². The normalized spacial score (nSPS) is 9.60. The van der Waals surface area contributed by atoms with Crippen molar-refractivity contribution in [3.05, 3.63) is 33.8 Å². The van der Waals surface area contributed by atoms with Gasteiger partial charge in [-0.3, -0.25) is 4.79 Å². The summed E-state index contributed by atoms with van der Waals surface area (Å²) in [6.07, 6.45) is 1.19. The molecule has 1 rings (SSSR count). The molecule has 4 heteroatoms. The quantitative estimate of drug-likeness (QED) is 0.912. The first-order valence-electron chi connectivity index (χ1n) is 4.49. The van der Waals surface area contributed by atoms with Crippen LogP contribution < -0.4 is 0 Å². The van der Waals surface area contributed by atoms with E-state index < -0.39 is 5.97 Å². The molecular formula is C11H10BrNO2. The first kappa shape index (κ1) is 11.7. The summed E-state index contributed by atoms with van der Waals surface area (Å²) in [4.78, 5) is 10.5. The van der Waals surface area contributed by atoms with Gasteiger partial charge in [-0.15, -0.1) is 0 Å². The number of halogens is 1. The van der Waals surface area contributed by atoms with Crippen molar-refractivity contribution in [2.75, 3.05) is 0 Å². The smallest absolute Gasteiger partial charge is 0.307 e. The van der Waals surface area contributed by atoms with Crippen LogP contribution in [0.4, 0.5) is 0 Å². The number of hydrogen-bond acceptors (Lipinski definition) is 2. The van der Waals surface area contributed by atoms with Gasteiger partial charge in [-0.2, -0.15) is 5.26 Å². The van der Waals surface area contributed by atoms with Crippen LogP contribution in [0.15, 0.2) is 22.7 Å². The van der Waals surface area contributed by atoms with Gasteiger partial charge in [0.05, 0.1) is 12.5 Å². The molecule has 3 nitrogen and oxygen atoms in total. The van der Waals surface area contributed by atoms with Gasteiger partial charge >= 0.3 is 5.97 Å². The molecule has 0 atom stereocenters. The molecule has 0 fully saturated rings. The lowest BCUT2D eigenvalue weighted by Gasteiger charge is -2.04. The minimum absolute atomic E-state index is 0.0130. The zero-order valence-electron chi connectivity index (χ0n) is 8.03. The molecule has 1 aromatic carbocycles. The molecule has 0 amide bonds. The van der Waals surface area contributed by atoms with Crippen molar-refractivity contribution < 1.29 is 9.90 Å². The van der Waals surface area contributed by atoms with Crippen molar-refractivity contribution >= 4 is 21.9 Å². The van der Waals surface area contributed by atoms with Crippen molar-refractivity contribution in [2.24, 2.45) is 0 Å². The number of carboxylic acids is 1. The second-order valence-corrected chi connectivity index (χ2v) is 4.01. The molecule has 15 heavy (non-hydrogen) atoms. The van der Waals surface area contributed by atoms with Crippen LogP contribution in [0.2, 0.25) is 0 Å². The lowest BCUT2D eigenvalue weighted by atomic mass is 10.1. The van der Waals surface area contributed by atoms with Crippen LogP contribution >= 0.6 is 15.9 Å². The van der Waals surface area contributed by atoms with Crippen LogP contribution in [0.3, 0.4) is 0 Å². The molecule has 78 valence electrons. The van der Waals surface area contributed by atoms with Crippen molar-refractivity contribution in [3.8, 4) is 6.07 Å². The number of carboxylic acid groups (broad SMARTS) is 1. The number of carbonyl (C=O) groups is 1. The molecule has 0 spiro atoms. The number of aliphatic carboxylic acids is 1. The van der Waals surface area contributed by atoms with Crippen LogP contribution in [-0.4, -0.2) is 11.1 Å². The van der Waals surface area contributed by atoms with E-state index in [1.807, 2.05) is 12.1 Å². The van der Waals surface area contributed by atoms with E-state index >= 15 is 0 Å². The Balaban J connectivity index is 2.79. The van der Waals surface area contributed by atoms with E-state index in [9.17, 15) is 4.79 Å². The van der Waals surface area contributed by atoms with Crippen LogP contribution in [0, 0.1) is 11.3 Å². The summed E-state index contributed by atoms with van der Waals surface area (Å²) in [6.45, 7) is 0. The Morgan fingerprint density at radius 2 is 2.27 bits per heavy atom. The van der Waals surface area contributed by atoms with Gasteiger partial charge < -0.3 is 5.11 Å². The van der Waals surface area contributed by atoms with Crippen molar-refractivity contribution in [3.63, 3.8) is 0 Å². The SMILES string of the molecule is N#CCCc1ccc(CC(=O)O)c(Br)c1. The Morgan fingerprint density at radius 1 is 1.53 bits per heavy atom. The summed E-state index contributed by atoms with van der Waals surface area (Å²) in [6, 6.07) is 7.59. The third-order valence-corrected chi connectivity index (χ3v) is 2.72. The van der Waals surface area contributed by atoms with E-state index in [1.54, 1.807) is 6.07 Å². The van der Waals surface area contributed by atoms with Crippen LogP contribution in [0.25, 0.3) is 0 Å². The number of benzene rings is 1. The third-order valence-electron chi connectivity index (χ3n) is 1.98. The Morgan fingerprint density at radius 3 is 2.80 bits per heavy atom. The number of aryl methyl sites for hydroxylation is 1. The predicted molar refractivity (Wildman–Crippen MR) is 59.4 cm³/mol. The average Bonchev–Trinajstić information content (AvgIpc) is 2.18. The Kier molecular flexibility index (Phi) is 4.32. The lowest BCUT2D eigenvalue weighted by molar-refractivity contribution is -0.136. The highest BCUT2D eigenvalue weighted by molar-refractivity contribution is 9.10. The molecule has 1 N–H and O–H groups in total. The van der Waals surface area contributed by atoms with Gasteiger partial charge in [-0.25, -0.2) is 0 Å². The van der Waals surface area contributed by atoms with Crippen molar-refractivity contribution in [1.82, 2.24) is 0 Å². The fourth-order valence-electron chi connectivity index (χ4n) is 1.25. The van der Waals surface area contributed by atoms with Gasteiger partial charge in [-0.05, 0) is 23.6 Å². The number of nitriles is 1. The van der Waals surface area contributed by atoms with E-state index in [4.69, 9.17) is 10.4 Å². The van der Waals surface area contributed by atoms with Gasteiger partial charge in [0.2, 0.25) is 0 Å². The highest BCUT2D eigenvalue weighted by Gasteiger charge is 2.05. The summed E-state index contributed by atoms with van der Waals surface area (Å²) in [5.74, 6) is -0.847. The summed E-state index contributed by atoms with van der Waals surface area (Å²) in [5, 5.41) is 17.1. The minimum atomic E-state index is -0.847. The average molecular weight is 268 g/mol. The highest BCUT2D eigenvalue weighted by Crippen LogP contribution is 2.20.